The number of anilines is 1. The van der Waals surface area contributed by atoms with E-state index in [-0.39, 0.29) is 29.9 Å². The fourth-order valence-electron chi connectivity index (χ4n) is 2.72. The summed E-state index contributed by atoms with van der Waals surface area (Å²) in [6.07, 6.45) is 1.47. The van der Waals surface area contributed by atoms with Crippen molar-refractivity contribution in [2.45, 2.75) is 33.2 Å². The molecule has 2 rings (SSSR count). The molecule has 0 fully saturated rings. The number of benzene rings is 2. The van der Waals surface area contributed by atoms with Gasteiger partial charge in [-0.25, -0.2) is 0 Å². The van der Waals surface area contributed by atoms with Crippen LogP contribution < -0.4 is 16.0 Å². The monoisotopic (exact) mass is 494 g/mol. The minimum Gasteiger partial charge on any atom is -0.356 e. The zero-order valence-electron chi connectivity index (χ0n) is 16.9. The normalized spacial score (nSPS) is 10.9. The topological polar surface area (TPSA) is 65.5 Å². The molecule has 0 spiro atoms. The lowest BCUT2D eigenvalue weighted by molar-refractivity contribution is -0.116. The van der Waals surface area contributed by atoms with E-state index in [0.29, 0.717) is 18.9 Å². The van der Waals surface area contributed by atoms with Crippen molar-refractivity contribution in [3.63, 3.8) is 0 Å². The van der Waals surface area contributed by atoms with E-state index in [2.05, 4.69) is 45.2 Å². The number of amides is 1. The molecule has 152 valence electrons. The van der Waals surface area contributed by atoms with Crippen LogP contribution in [0, 0.1) is 5.92 Å². The SMILES string of the molecule is CN=C(NCCc1ccccc1)NCc1cccc(NC(=O)CC(C)C)c1.I. The van der Waals surface area contributed by atoms with Gasteiger partial charge in [0, 0.05) is 32.2 Å². The number of guanidine groups is 1. The van der Waals surface area contributed by atoms with Gasteiger partial charge in [-0.3, -0.25) is 9.79 Å². The Morgan fingerprint density at radius 3 is 2.39 bits per heavy atom. The van der Waals surface area contributed by atoms with Crippen molar-refractivity contribution in [3.05, 3.63) is 65.7 Å². The Morgan fingerprint density at radius 1 is 1.00 bits per heavy atom. The van der Waals surface area contributed by atoms with Gasteiger partial charge in [-0.1, -0.05) is 56.3 Å². The average molecular weight is 494 g/mol. The van der Waals surface area contributed by atoms with Crippen LogP contribution in [0.25, 0.3) is 0 Å². The quantitative estimate of drug-likeness (QED) is 0.293. The van der Waals surface area contributed by atoms with Crippen LogP contribution in [-0.2, 0) is 17.8 Å². The molecule has 0 aliphatic rings. The number of carbonyl (C=O) groups excluding carboxylic acids is 1. The maximum absolute atomic E-state index is 11.9. The Morgan fingerprint density at radius 2 is 1.71 bits per heavy atom. The number of nitrogens with one attached hydrogen (secondary N) is 3. The molecule has 28 heavy (non-hydrogen) atoms. The second-order valence-corrected chi connectivity index (χ2v) is 6.93. The second-order valence-electron chi connectivity index (χ2n) is 6.93. The lowest BCUT2D eigenvalue weighted by Crippen LogP contribution is -2.37. The van der Waals surface area contributed by atoms with Gasteiger partial charge in [-0.05, 0) is 35.6 Å². The third-order valence-corrected chi connectivity index (χ3v) is 4.04. The van der Waals surface area contributed by atoms with Crippen molar-refractivity contribution in [1.29, 1.82) is 0 Å². The van der Waals surface area contributed by atoms with Gasteiger partial charge in [0.05, 0.1) is 0 Å². The molecule has 0 atom stereocenters. The first-order chi connectivity index (χ1) is 13.1. The summed E-state index contributed by atoms with van der Waals surface area (Å²) in [5, 5.41) is 9.59. The number of hydrogen-bond donors (Lipinski definition) is 3. The lowest BCUT2D eigenvalue weighted by atomic mass is 10.1. The summed E-state index contributed by atoms with van der Waals surface area (Å²) in [6, 6.07) is 18.3. The highest BCUT2D eigenvalue weighted by Gasteiger charge is 2.06. The minimum atomic E-state index is 0. The first-order valence-electron chi connectivity index (χ1n) is 9.44. The Bertz CT molecular complexity index is 747. The molecule has 3 N–H and O–H groups in total. The van der Waals surface area contributed by atoms with Crippen molar-refractivity contribution >= 4 is 41.5 Å². The predicted molar refractivity (Wildman–Crippen MR) is 128 cm³/mol. The molecular formula is C22H31IN4O. The fraction of sp³-hybridized carbons (Fsp3) is 0.364. The van der Waals surface area contributed by atoms with Crippen LogP contribution in [0.3, 0.4) is 0 Å². The molecule has 5 nitrogen and oxygen atoms in total. The molecule has 2 aromatic rings. The Hall–Kier alpha value is -2.09. The van der Waals surface area contributed by atoms with Gasteiger partial charge in [-0.15, -0.1) is 24.0 Å². The van der Waals surface area contributed by atoms with E-state index in [1.165, 1.54) is 5.56 Å². The smallest absolute Gasteiger partial charge is 0.224 e. The van der Waals surface area contributed by atoms with E-state index in [4.69, 9.17) is 0 Å². The van der Waals surface area contributed by atoms with Crippen molar-refractivity contribution in [1.82, 2.24) is 10.6 Å². The standard InChI is InChI=1S/C22H30N4O.HI/c1-17(2)14-21(27)26-20-11-7-10-19(15-20)16-25-22(23-3)24-13-12-18-8-5-4-6-9-18;/h4-11,15,17H,12-14,16H2,1-3H3,(H,26,27)(H2,23,24,25);1H. The molecule has 0 bridgehead atoms. The van der Waals surface area contributed by atoms with Crippen LogP contribution in [0.1, 0.15) is 31.4 Å². The maximum atomic E-state index is 11.9. The summed E-state index contributed by atoms with van der Waals surface area (Å²) < 4.78 is 0. The van der Waals surface area contributed by atoms with Gasteiger partial charge in [0.2, 0.25) is 5.91 Å². The third-order valence-electron chi connectivity index (χ3n) is 4.04. The minimum absolute atomic E-state index is 0. The molecule has 6 heteroatoms. The summed E-state index contributed by atoms with van der Waals surface area (Å²) in [5.41, 5.74) is 3.21. The van der Waals surface area contributed by atoms with Crippen molar-refractivity contribution in [2.75, 3.05) is 18.9 Å². The zero-order valence-corrected chi connectivity index (χ0v) is 19.2. The third kappa shape index (κ3) is 9.21. The summed E-state index contributed by atoms with van der Waals surface area (Å²) in [4.78, 5) is 16.2. The molecule has 0 unspecified atom stereocenters. The number of carbonyl (C=O) groups is 1. The van der Waals surface area contributed by atoms with E-state index >= 15 is 0 Å². The van der Waals surface area contributed by atoms with Crippen LogP contribution in [0.5, 0.6) is 0 Å². The van der Waals surface area contributed by atoms with E-state index in [9.17, 15) is 4.79 Å². The maximum Gasteiger partial charge on any atom is 0.224 e. The summed E-state index contributed by atoms with van der Waals surface area (Å²) in [7, 11) is 1.76. The molecule has 0 radical (unpaired) electrons. The highest BCUT2D eigenvalue weighted by molar-refractivity contribution is 14.0. The molecule has 2 aromatic carbocycles. The highest BCUT2D eigenvalue weighted by Crippen LogP contribution is 2.12. The Balaban J connectivity index is 0.00000392. The molecule has 0 aliphatic heterocycles. The van der Waals surface area contributed by atoms with Crippen molar-refractivity contribution < 1.29 is 4.79 Å². The van der Waals surface area contributed by atoms with Crippen molar-refractivity contribution in [2.24, 2.45) is 10.9 Å². The van der Waals surface area contributed by atoms with Crippen LogP contribution in [0.4, 0.5) is 5.69 Å². The van der Waals surface area contributed by atoms with Gasteiger partial charge in [0.15, 0.2) is 5.96 Å². The van der Waals surface area contributed by atoms with Crippen LogP contribution in [0.15, 0.2) is 59.6 Å². The van der Waals surface area contributed by atoms with E-state index in [0.717, 1.165) is 30.2 Å². The van der Waals surface area contributed by atoms with Crippen LogP contribution >= 0.6 is 24.0 Å². The zero-order chi connectivity index (χ0) is 19.5. The molecule has 0 saturated heterocycles. The van der Waals surface area contributed by atoms with E-state index < -0.39 is 0 Å². The Labute approximate surface area is 185 Å². The number of halogens is 1. The largest absolute Gasteiger partial charge is 0.356 e. The number of nitrogens with zero attached hydrogens (tertiary/aromatic N) is 1. The van der Waals surface area contributed by atoms with Gasteiger partial charge in [0.1, 0.15) is 0 Å². The highest BCUT2D eigenvalue weighted by atomic mass is 127. The number of aliphatic imine (C=N–C) groups is 1. The van der Waals surface area contributed by atoms with E-state index in [1.807, 2.05) is 44.2 Å². The number of hydrogen-bond acceptors (Lipinski definition) is 2. The first kappa shape index (κ1) is 23.9. The van der Waals surface area contributed by atoms with Crippen LogP contribution in [-0.4, -0.2) is 25.5 Å². The molecule has 1 amide bonds. The summed E-state index contributed by atoms with van der Waals surface area (Å²) in [6.45, 7) is 5.53. The molecule has 0 aliphatic carbocycles. The molecule has 0 aromatic heterocycles. The van der Waals surface area contributed by atoms with Crippen molar-refractivity contribution in [3.8, 4) is 0 Å². The molecule has 0 heterocycles. The Kier molecular flexibility index (Phi) is 11.2. The summed E-state index contributed by atoms with van der Waals surface area (Å²) >= 11 is 0. The summed E-state index contributed by atoms with van der Waals surface area (Å²) in [5.74, 6) is 1.16. The molecular weight excluding hydrogens is 463 g/mol. The van der Waals surface area contributed by atoms with Gasteiger partial charge in [-0.2, -0.15) is 0 Å². The van der Waals surface area contributed by atoms with Gasteiger partial charge in [0.25, 0.3) is 0 Å². The number of rotatable bonds is 8. The average Bonchev–Trinajstić information content (AvgIpc) is 2.65. The van der Waals surface area contributed by atoms with Gasteiger partial charge < -0.3 is 16.0 Å². The van der Waals surface area contributed by atoms with Gasteiger partial charge >= 0.3 is 0 Å². The van der Waals surface area contributed by atoms with Crippen LogP contribution in [0.2, 0.25) is 0 Å². The fourth-order valence-corrected chi connectivity index (χ4v) is 2.72. The first-order valence-corrected chi connectivity index (χ1v) is 9.44. The molecule has 0 saturated carbocycles. The second kappa shape index (κ2) is 13.1. The lowest BCUT2D eigenvalue weighted by Gasteiger charge is -2.13. The van der Waals surface area contributed by atoms with E-state index in [1.54, 1.807) is 7.05 Å². The predicted octanol–water partition coefficient (Wildman–Crippen LogP) is 4.20.